The van der Waals surface area contributed by atoms with Crippen molar-refractivity contribution in [2.45, 2.75) is 0 Å². The highest BCUT2D eigenvalue weighted by Crippen LogP contribution is 2.33. The Morgan fingerprint density at radius 2 is 1.94 bits per heavy atom. The van der Waals surface area contributed by atoms with Crippen molar-refractivity contribution in [1.82, 2.24) is 9.55 Å². The maximum absolute atomic E-state index is 12.3. The number of para-hydroxylation sites is 2. The van der Waals surface area contributed by atoms with Gasteiger partial charge in [-0.3, -0.25) is 9.36 Å². The van der Waals surface area contributed by atoms with Crippen LogP contribution in [0.5, 0.6) is 0 Å². The molecule has 0 radical (unpaired) electrons. The number of hydrogen-bond donors (Lipinski definition) is 0. The molecule has 86 valence electrons. The summed E-state index contributed by atoms with van der Waals surface area (Å²) < 4.78 is 2.84. The van der Waals surface area contributed by atoms with E-state index in [0.29, 0.717) is 11.4 Å². The molecule has 0 N–H and O–H groups in total. The fourth-order valence-corrected chi connectivity index (χ4v) is 2.79. The first-order chi connectivity index (χ1) is 8.75. The molecule has 1 aromatic heterocycles. The molecular formula is C14H7BrN2O. The molecule has 0 unspecified atom stereocenters. The van der Waals surface area contributed by atoms with Crippen molar-refractivity contribution in [3.05, 3.63) is 58.3 Å². The van der Waals surface area contributed by atoms with Gasteiger partial charge in [0.2, 0.25) is 5.78 Å². The first-order valence-corrected chi connectivity index (χ1v) is 6.37. The average Bonchev–Trinajstić information content (AvgIpc) is 2.87. The van der Waals surface area contributed by atoms with Gasteiger partial charge in [-0.1, -0.05) is 28.1 Å². The lowest BCUT2D eigenvalue weighted by molar-refractivity contribution is 0.103. The monoisotopic (exact) mass is 298 g/mol. The number of ketones is 1. The molecule has 4 heteroatoms. The predicted molar refractivity (Wildman–Crippen MR) is 72.2 cm³/mol. The summed E-state index contributed by atoms with van der Waals surface area (Å²) >= 11 is 3.39. The summed E-state index contributed by atoms with van der Waals surface area (Å²) in [6, 6.07) is 13.5. The molecule has 0 aliphatic carbocycles. The van der Waals surface area contributed by atoms with E-state index < -0.39 is 0 Å². The Balaban J connectivity index is 2.17. The third kappa shape index (κ3) is 1.13. The second-order valence-electron chi connectivity index (χ2n) is 4.25. The first kappa shape index (κ1) is 10.0. The van der Waals surface area contributed by atoms with Crippen LogP contribution in [0.25, 0.3) is 16.7 Å². The third-order valence-electron chi connectivity index (χ3n) is 3.21. The zero-order valence-electron chi connectivity index (χ0n) is 9.22. The number of carbonyl (C=O) groups excluding carboxylic acids is 1. The van der Waals surface area contributed by atoms with Crippen LogP contribution in [-0.2, 0) is 0 Å². The fraction of sp³-hybridized carbons (Fsp3) is 0. The SMILES string of the molecule is O=C1c2cc(Br)ccc2-n2c1nc1ccccc12. The van der Waals surface area contributed by atoms with E-state index in [9.17, 15) is 4.79 Å². The highest BCUT2D eigenvalue weighted by atomic mass is 79.9. The lowest BCUT2D eigenvalue weighted by Gasteiger charge is -2.02. The molecule has 0 spiro atoms. The summed E-state index contributed by atoms with van der Waals surface area (Å²) in [6.07, 6.45) is 0. The largest absolute Gasteiger partial charge is 0.289 e. The molecule has 0 saturated carbocycles. The summed E-state index contributed by atoms with van der Waals surface area (Å²) in [6.45, 7) is 0. The first-order valence-electron chi connectivity index (χ1n) is 5.58. The number of aromatic nitrogens is 2. The van der Waals surface area contributed by atoms with Crippen LogP contribution in [0.4, 0.5) is 0 Å². The number of halogens is 1. The van der Waals surface area contributed by atoms with Crippen molar-refractivity contribution >= 4 is 32.7 Å². The van der Waals surface area contributed by atoms with Gasteiger partial charge in [0.15, 0.2) is 5.82 Å². The van der Waals surface area contributed by atoms with E-state index in [1.807, 2.05) is 47.0 Å². The highest BCUT2D eigenvalue weighted by Gasteiger charge is 2.30. The Bertz CT molecular complexity index is 820. The van der Waals surface area contributed by atoms with Gasteiger partial charge < -0.3 is 0 Å². The number of hydrogen-bond acceptors (Lipinski definition) is 2. The summed E-state index contributed by atoms with van der Waals surface area (Å²) in [5.74, 6) is 0.492. The van der Waals surface area contributed by atoms with Crippen LogP contribution in [0.3, 0.4) is 0 Å². The van der Waals surface area contributed by atoms with Crippen molar-refractivity contribution in [3.63, 3.8) is 0 Å². The number of rotatable bonds is 0. The van der Waals surface area contributed by atoms with Crippen molar-refractivity contribution in [3.8, 4) is 5.69 Å². The number of benzene rings is 2. The second kappa shape index (κ2) is 3.29. The van der Waals surface area contributed by atoms with Gasteiger partial charge in [-0.25, -0.2) is 4.98 Å². The second-order valence-corrected chi connectivity index (χ2v) is 5.17. The standard InChI is InChI=1S/C14H7BrN2O/c15-8-5-6-11-9(7-8)13(18)14-16-10-3-1-2-4-12(10)17(11)14/h1-7H. The summed E-state index contributed by atoms with van der Waals surface area (Å²) in [5.41, 5.74) is 3.45. The normalized spacial score (nSPS) is 12.8. The molecule has 0 fully saturated rings. The molecule has 2 aromatic carbocycles. The van der Waals surface area contributed by atoms with Gasteiger partial charge in [0.1, 0.15) is 0 Å². The van der Waals surface area contributed by atoms with E-state index in [4.69, 9.17) is 0 Å². The van der Waals surface area contributed by atoms with E-state index in [2.05, 4.69) is 20.9 Å². The zero-order valence-corrected chi connectivity index (χ0v) is 10.8. The number of nitrogens with zero attached hydrogens (tertiary/aromatic N) is 2. The van der Waals surface area contributed by atoms with Gasteiger partial charge in [-0.15, -0.1) is 0 Å². The van der Waals surface area contributed by atoms with E-state index >= 15 is 0 Å². The quantitative estimate of drug-likeness (QED) is 0.499. The molecule has 0 atom stereocenters. The summed E-state index contributed by atoms with van der Waals surface area (Å²) in [4.78, 5) is 16.7. The highest BCUT2D eigenvalue weighted by molar-refractivity contribution is 9.10. The molecule has 2 heterocycles. The van der Waals surface area contributed by atoms with Gasteiger partial charge in [0, 0.05) is 4.47 Å². The van der Waals surface area contributed by atoms with Gasteiger partial charge in [0.25, 0.3) is 0 Å². The fourth-order valence-electron chi connectivity index (χ4n) is 2.43. The minimum Gasteiger partial charge on any atom is -0.289 e. The Morgan fingerprint density at radius 1 is 1.11 bits per heavy atom. The predicted octanol–water partition coefficient (Wildman–Crippen LogP) is 3.33. The third-order valence-corrected chi connectivity index (χ3v) is 3.70. The lowest BCUT2D eigenvalue weighted by Crippen LogP contribution is -1.97. The summed E-state index contributed by atoms with van der Waals surface area (Å²) in [5, 5.41) is 0. The van der Waals surface area contributed by atoms with Crippen molar-refractivity contribution in [1.29, 1.82) is 0 Å². The Kier molecular flexibility index (Phi) is 1.84. The van der Waals surface area contributed by atoms with Crippen molar-refractivity contribution < 1.29 is 4.79 Å². The molecule has 1 aliphatic rings. The van der Waals surface area contributed by atoms with Gasteiger partial charge in [-0.2, -0.15) is 0 Å². The van der Waals surface area contributed by atoms with Gasteiger partial charge in [-0.05, 0) is 30.3 Å². The maximum atomic E-state index is 12.3. The topological polar surface area (TPSA) is 34.9 Å². The van der Waals surface area contributed by atoms with Crippen molar-refractivity contribution in [2.75, 3.05) is 0 Å². The molecule has 1 aliphatic heterocycles. The van der Waals surface area contributed by atoms with E-state index in [1.165, 1.54) is 0 Å². The smallest absolute Gasteiger partial charge is 0.231 e. The number of imidazole rings is 1. The van der Waals surface area contributed by atoms with Crippen LogP contribution in [0, 0.1) is 0 Å². The zero-order chi connectivity index (χ0) is 12.3. The molecule has 3 nitrogen and oxygen atoms in total. The van der Waals surface area contributed by atoms with Crippen LogP contribution in [0.15, 0.2) is 46.9 Å². The number of fused-ring (bicyclic) bond motifs is 5. The Morgan fingerprint density at radius 3 is 2.83 bits per heavy atom. The van der Waals surface area contributed by atoms with E-state index in [0.717, 1.165) is 21.2 Å². The van der Waals surface area contributed by atoms with Crippen LogP contribution >= 0.6 is 15.9 Å². The minimum absolute atomic E-state index is 0.0116. The summed E-state index contributed by atoms with van der Waals surface area (Å²) in [7, 11) is 0. The van der Waals surface area contributed by atoms with Crippen LogP contribution in [0.2, 0.25) is 0 Å². The molecule has 18 heavy (non-hydrogen) atoms. The molecule has 0 saturated heterocycles. The average molecular weight is 299 g/mol. The van der Waals surface area contributed by atoms with Gasteiger partial charge >= 0.3 is 0 Å². The van der Waals surface area contributed by atoms with Crippen LogP contribution < -0.4 is 0 Å². The van der Waals surface area contributed by atoms with Crippen LogP contribution in [0.1, 0.15) is 16.2 Å². The Hall–Kier alpha value is -1.94. The van der Waals surface area contributed by atoms with E-state index in [-0.39, 0.29) is 5.78 Å². The molecule has 0 amide bonds. The molecule has 0 bridgehead atoms. The van der Waals surface area contributed by atoms with E-state index in [1.54, 1.807) is 0 Å². The minimum atomic E-state index is -0.0116. The molecular weight excluding hydrogens is 292 g/mol. The molecule has 3 aromatic rings. The maximum Gasteiger partial charge on any atom is 0.231 e. The van der Waals surface area contributed by atoms with Crippen LogP contribution in [-0.4, -0.2) is 15.3 Å². The molecule has 4 rings (SSSR count). The van der Waals surface area contributed by atoms with Crippen molar-refractivity contribution in [2.24, 2.45) is 0 Å². The Labute approximate surface area is 111 Å². The van der Waals surface area contributed by atoms with Gasteiger partial charge in [0.05, 0.1) is 22.3 Å². The lowest BCUT2D eigenvalue weighted by atomic mass is 10.1. The number of carbonyl (C=O) groups is 1.